The highest BCUT2D eigenvalue weighted by molar-refractivity contribution is 5.85. The molecule has 10 heteroatoms. The highest BCUT2D eigenvalue weighted by Crippen LogP contribution is 2.24. The molecular weight excluding hydrogens is 500 g/mol. The van der Waals surface area contributed by atoms with Gasteiger partial charge in [0.25, 0.3) is 5.56 Å². The molecule has 0 unspecified atom stereocenters. The molecule has 1 atom stereocenters. The van der Waals surface area contributed by atoms with Gasteiger partial charge in [-0.15, -0.1) is 12.4 Å². The molecule has 0 aliphatic heterocycles. The van der Waals surface area contributed by atoms with Crippen LogP contribution in [0.5, 0.6) is 5.75 Å². The largest absolute Gasteiger partial charge is 0.490 e. The lowest BCUT2D eigenvalue weighted by Crippen LogP contribution is -2.26. The van der Waals surface area contributed by atoms with E-state index in [0.29, 0.717) is 23.9 Å². The van der Waals surface area contributed by atoms with E-state index in [1.165, 1.54) is 28.9 Å². The summed E-state index contributed by atoms with van der Waals surface area (Å²) in [5.74, 6) is -0.303. The molecule has 0 radical (unpaired) electrons. The van der Waals surface area contributed by atoms with E-state index >= 15 is 0 Å². The molecule has 2 heterocycles. The van der Waals surface area contributed by atoms with Gasteiger partial charge in [0.2, 0.25) is 0 Å². The van der Waals surface area contributed by atoms with Crippen LogP contribution in [-0.4, -0.2) is 51.9 Å². The van der Waals surface area contributed by atoms with Crippen LogP contribution >= 0.6 is 12.4 Å². The maximum Gasteiger partial charge on any atom is 0.267 e. The molecule has 0 amide bonds. The van der Waals surface area contributed by atoms with Crippen LogP contribution in [0.1, 0.15) is 24.9 Å². The number of hydrogen-bond acceptors (Lipinski definition) is 6. The Morgan fingerprint density at radius 2 is 1.68 bits per heavy atom. The van der Waals surface area contributed by atoms with Crippen molar-refractivity contribution in [2.24, 2.45) is 0 Å². The van der Waals surface area contributed by atoms with Crippen LogP contribution in [0.3, 0.4) is 0 Å². The summed E-state index contributed by atoms with van der Waals surface area (Å²) < 4.78 is 34.4. The second kappa shape index (κ2) is 12.5. The summed E-state index contributed by atoms with van der Waals surface area (Å²) in [6.07, 6.45) is 4.18. The second-order valence-corrected chi connectivity index (χ2v) is 8.71. The summed E-state index contributed by atoms with van der Waals surface area (Å²) >= 11 is 0. The molecule has 2 aromatic heterocycles. The highest BCUT2D eigenvalue weighted by atomic mass is 35.5. The number of rotatable bonds is 9. The number of benzene rings is 2. The average Bonchev–Trinajstić information content (AvgIpc) is 2.86. The van der Waals surface area contributed by atoms with Gasteiger partial charge in [0.05, 0.1) is 30.7 Å². The molecule has 4 aromatic rings. The fourth-order valence-corrected chi connectivity index (χ4v) is 3.75. The first-order valence-corrected chi connectivity index (χ1v) is 11.6. The van der Waals surface area contributed by atoms with Crippen LogP contribution < -0.4 is 10.3 Å². The van der Waals surface area contributed by atoms with Crippen molar-refractivity contribution in [1.82, 2.24) is 24.6 Å². The normalized spacial score (nSPS) is 11.7. The van der Waals surface area contributed by atoms with Crippen LogP contribution in [0.15, 0.2) is 71.8 Å². The van der Waals surface area contributed by atoms with Gasteiger partial charge in [-0.2, -0.15) is 5.10 Å². The van der Waals surface area contributed by atoms with E-state index in [1.807, 2.05) is 45.3 Å². The summed E-state index contributed by atoms with van der Waals surface area (Å²) in [5, 5.41) is 4.38. The van der Waals surface area contributed by atoms with Gasteiger partial charge in [0.1, 0.15) is 11.6 Å². The Labute approximate surface area is 220 Å². The third-order valence-corrected chi connectivity index (χ3v) is 5.62. The van der Waals surface area contributed by atoms with E-state index in [-0.39, 0.29) is 23.5 Å². The number of aromatic nitrogens is 4. The smallest absolute Gasteiger partial charge is 0.267 e. The van der Waals surface area contributed by atoms with E-state index in [4.69, 9.17) is 4.74 Å². The Balaban J connectivity index is 0.00000380. The first-order chi connectivity index (χ1) is 17.3. The predicted molar refractivity (Wildman–Crippen MR) is 141 cm³/mol. The minimum atomic E-state index is -0.713. The van der Waals surface area contributed by atoms with E-state index in [0.717, 1.165) is 30.2 Å². The third-order valence-electron chi connectivity index (χ3n) is 5.62. The van der Waals surface area contributed by atoms with Crippen molar-refractivity contribution >= 4 is 12.4 Å². The molecule has 7 nitrogen and oxygen atoms in total. The molecule has 0 aliphatic rings. The minimum absolute atomic E-state index is 0. The molecule has 0 spiro atoms. The Bertz CT molecular complexity index is 1380. The molecular formula is C27H28ClF2N5O2. The Morgan fingerprint density at radius 1 is 0.973 bits per heavy atom. The number of ether oxygens (including phenoxy) is 1. The molecule has 4 rings (SSSR count). The highest BCUT2D eigenvalue weighted by Gasteiger charge is 2.15. The lowest BCUT2D eigenvalue weighted by molar-refractivity contribution is 0.280. The van der Waals surface area contributed by atoms with Crippen molar-refractivity contribution in [2.75, 3.05) is 27.2 Å². The van der Waals surface area contributed by atoms with Gasteiger partial charge in [-0.05, 0) is 57.3 Å². The molecule has 2 aromatic carbocycles. The van der Waals surface area contributed by atoms with Crippen LogP contribution in [-0.2, 0) is 0 Å². The molecule has 0 N–H and O–H groups in total. The fraction of sp³-hybridized carbons (Fsp3) is 0.259. The van der Waals surface area contributed by atoms with Gasteiger partial charge in [-0.1, -0.05) is 18.2 Å². The van der Waals surface area contributed by atoms with Crippen molar-refractivity contribution in [3.63, 3.8) is 0 Å². The van der Waals surface area contributed by atoms with Crippen LogP contribution in [0.2, 0.25) is 0 Å². The third kappa shape index (κ3) is 7.18. The van der Waals surface area contributed by atoms with Crippen LogP contribution in [0.4, 0.5) is 8.78 Å². The predicted octanol–water partition coefficient (Wildman–Crippen LogP) is 5.01. The summed E-state index contributed by atoms with van der Waals surface area (Å²) in [7, 11) is 4.03. The zero-order valence-corrected chi connectivity index (χ0v) is 21.6. The van der Waals surface area contributed by atoms with E-state index in [1.54, 1.807) is 12.4 Å². The van der Waals surface area contributed by atoms with E-state index in [2.05, 4.69) is 20.0 Å². The lowest BCUT2D eigenvalue weighted by atomic mass is 10.0. The molecule has 0 saturated heterocycles. The molecule has 0 fully saturated rings. The monoisotopic (exact) mass is 527 g/mol. The quantitative estimate of drug-likeness (QED) is 0.285. The maximum absolute atomic E-state index is 13.7. The van der Waals surface area contributed by atoms with Crippen LogP contribution in [0.25, 0.3) is 22.6 Å². The van der Waals surface area contributed by atoms with Gasteiger partial charge in [-0.25, -0.2) is 23.4 Å². The van der Waals surface area contributed by atoms with Gasteiger partial charge < -0.3 is 9.64 Å². The SMILES string of the molecule is C[C@@H](c1cccc(-c2ncc(OCCCN(C)C)cn2)c1)n1nc(-c2cc(F)cc(F)c2)ccc1=O.Cl. The van der Waals surface area contributed by atoms with E-state index in [9.17, 15) is 13.6 Å². The molecule has 0 aliphatic carbocycles. The second-order valence-electron chi connectivity index (χ2n) is 8.71. The van der Waals surface area contributed by atoms with Crippen molar-refractivity contribution < 1.29 is 13.5 Å². The number of halogens is 3. The summed E-state index contributed by atoms with van der Waals surface area (Å²) in [6.45, 7) is 3.34. The Morgan fingerprint density at radius 3 is 2.35 bits per heavy atom. The van der Waals surface area contributed by atoms with Gasteiger partial charge in [-0.3, -0.25) is 4.79 Å². The molecule has 194 valence electrons. The summed E-state index contributed by atoms with van der Waals surface area (Å²) in [4.78, 5) is 23.5. The number of hydrogen-bond donors (Lipinski definition) is 0. The van der Waals surface area contributed by atoms with Gasteiger partial charge >= 0.3 is 0 Å². The fourth-order valence-electron chi connectivity index (χ4n) is 3.75. The van der Waals surface area contributed by atoms with Crippen molar-refractivity contribution in [3.05, 3.63) is 94.5 Å². The standard InChI is InChI=1S/C27H27F2N5O2.ClH/c1-18(34-26(35)9-8-25(32-34)21-13-22(28)15-23(29)14-21)19-6-4-7-20(12-19)27-30-16-24(17-31-27)36-11-5-10-33(2)3;/h4,6-9,12-18H,5,10-11H2,1-3H3;1H/t18-;/m0./s1. The molecule has 0 saturated carbocycles. The summed E-state index contributed by atoms with van der Waals surface area (Å²) in [6, 6.07) is 13.0. The Hall–Kier alpha value is -3.69. The topological polar surface area (TPSA) is 73.1 Å². The first kappa shape index (κ1) is 27.9. The average molecular weight is 528 g/mol. The number of nitrogens with zero attached hydrogens (tertiary/aromatic N) is 5. The van der Waals surface area contributed by atoms with Crippen molar-refractivity contribution in [2.45, 2.75) is 19.4 Å². The molecule has 0 bridgehead atoms. The van der Waals surface area contributed by atoms with Crippen LogP contribution in [0, 0.1) is 11.6 Å². The summed E-state index contributed by atoms with van der Waals surface area (Å²) in [5.41, 5.74) is 1.79. The van der Waals surface area contributed by atoms with Crippen molar-refractivity contribution in [1.29, 1.82) is 0 Å². The zero-order valence-electron chi connectivity index (χ0n) is 20.8. The minimum Gasteiger partial charge on any atom is -0.490 e. The first-order valence-electron chi connectivity index (χ1n) is 11.6. The molecule has 37 heavy (non-hydrogen) atoms. The van der Waals surface area contributed by atoms with Crippen molar-refractivity contribution in [3.8, 4) is 28.4 Å². The Kier molecular flexibility index (Phi) is 9.43. The van der Waals surface area contributed by atoms with Gasteiger partial charge in [0, 0.05) is 29.8 Å². The van der Waals surface area contributed by atoms with Gasteiger partial charge in [0.15, 0.2) is 11.6 Å². The lowest BCUT2D eigenvalue weighted by Gasteiger charge is -2.16. The zero-order chi connectivity index (χ0) is 25.7. The van der Waals surface area contributed by atoms with E-state index < -0.39 is 17.7 Å². The maximum atomic E-state index is 13.7.